The van der Waals surface area contributed by atoms with Gasteiger partial charge in [-0.25, -0.2) is 4.98 Å². The first-order valence-electron chi connectivity index (χ1n) is 8.03. The smallest absolute Gasteiger partial charge is 0.217 e. The van der Waals surface area contributed by atoms with E-state index in [0.717, 1.165) is 42.9 Å². The summed E-state index contributed by atoms with van der Waals surface area (Å²) in [4.78, 5) is 19.8. The molecule has 3 rings (SSSR count). The molecule has 2 aromatic heterocycles. The van der Waals surface area contributed by atoms with Crippen molar-refractivity contribution in [1.29, 1.82) is 0 Å². The maximum atomic E-state index is 12.2. The van der Waals surface area contributed by atoms with E-state index < -0.39 is 0 Å². The molecule has 1 fully saturated rings. The first-order valence-corrected chi connectivity index (χ1v) is 8.91. The maximum absolute atomic E-state index is 12.2. The van der Waals surface area contributed by atoms with E-state index in [0.29, 0.717) is 24.0 Å². The quantitative estimate of drug-likeness (QED) is 0.759. The molecule has 1 aliphatic heterocycles. The molecule has 4 nitrogen and oxygen atoms in total. The normalized spacial score (nSPS) is 16.4. The fourth-order valence-corrected chi connectivity index (χ4v) is 3.79. The number of ketones is 1. The van der Waals surface area contributed by atoms with Gasteiger partial charge in [-0.2, -0.15) is 0 Å². The first-order chi connectivity index (χ1) is 11.3. The standard InChI is InChI=1S/C18H22N2O2S/c1-22-18-15(4-2-8-19-18)13-20-9-6-14(7-10-20)12-16(21)17-5-3-11-23-17/h2-5,8,11,14H,6-7,9-10,12-13H2,1H3. The Labute approximate surface area is 141 Å². The Kier molecular flexibility index (Phi) is 5.41. The van der Waals surface area contributed by atoms with Crippen molar-refractivity contribution in [2.45, 2.75) is 25.8 Å². The van der Waals surface area contributed by atoms with Gasteiger partial charge in [0.05, 0.1) is 12.0 Å². The number of rotatable bonds is 6. The zero-order chi connectivity index (χ0) is 16.1. The molecule has 0 N–H and O–H groups in total. The van der Waals surface area contributed by atoms with Gasteiger partial charge in [-0.3, -0.25) is 9.69 Å². The van der Waals surface area contributed by atoms with Gasteiger partial charge in [0.15, 0.2) is 5.78 Å². The van der Waals surface area contributed by atoms with Crippen LogP contribution in [0.3, 0.4) is 0 Å². The number of aromatic nitrogens is 1. The third-order valence-electron chi connectivity index (χ3n) is 4.41. The number of hydrogen-bond acceptors (Lipinski definition) is 5. The highest BCUT2D eigenvalue weighted by Crippen LogP contribution is 2.25. The highest BCUT2D eigenvalue weighted by molar-refractivity contribution is 7.12. The molecule has 0 aliphatic carbocycles. The van der Waals surface area contributed by atoms with Crippen LogP contribution in [-0.4, -0.2) is 35.9 Å². The lowest BCUT2D eigenvalue weighted by atomic mass is 9.91. The Bertz CT molecular complexity index is 634. The molecular weight excluding hydrogens is 308 g/mol. The van der Waals surface area contributed by atoms with Crippen molar-refractivity contribution in [3.8, 4) is 5.88 Å². The van der Waals surface area contributed by atoms with E-state index in [1.807, 2.05) is 23.6 Å². The number of methoxy groups -OCH3 is 1. The number of nitrogens with zero attached hydrogens (tertiary/aromatic N) is 2. The summed E-state index contributed by atoms with van der Waals surface area (Å²) in [6.45, 7) is 2.92. The van der Waals surface area contributed by atoms with E-state index in [2.05, 4.69) is 16.0 Å². The number of piperidine rings is 1. The van der Waals surface area contributed by atoms with Crippen LogP contribution in [0.25, 0.3) is 0 Å². The minimum absolute atomic E-state index is 0.298. The topological polar surface area (TPSA) is 42.4 Å². The fourth-order valence-electron chi connectivity index (χ4n) is 3.12. The molecule has 2 aromatic rings. The third-order valence-corrected chi connectivity index (χ3v) is 5.33. The molecule has 0 aromatic carbocycles. The van der Waals surface area contributed by atoms with Gasteiger partial charge in [0.25, 0.3) is 0 Å². The summed E-state index contributed by atoms with van der Waals surface area (Å²) < 4.78 is 5.32. The van der Waals surface area contributed by atoms with E-state index in [9.17, 15) is 4.79 Å². The first kappa shape index (κ1) is 16.1. The van der Waals surface area contributed by atoms with E-state index >= 15 is 0 Å². The molecule has 23 heavy (non-hydrogen) atoms. The predicted octanol–water partition coefficient (Wildman–Crippen LogP) is 3.64. The number of carbonyl (C=O) groups excluding carboxylic acids is 1. The van der Waals surface area contributed by atoms with Crippen LogP contribution in [0, 0.1) is 5.92 Å². The molecule has 1 saturated heterocycles. The second-order valence-electron chi connectivity index (χ2n) is 6.00. The Hall–Kier alpha value is -1.72. The van der Waals surface area contributed by atoms with Crippen LogP contribution < -0.4 is 4.74 Å². The number of carbonyl (C=O) groups is 1. The van der Waals surface area contributed by atoms with Crippen molar-refractivity contribution in [2.24, 2.45) is 5.92 Å². The van der Waals surface area contributed by atoms with Crippen LogP contribution in [0.2, 0.25) is 0 Å². The molecule has 0 radical (unpaired) electrons. The maximum Gasteiger partial charge on any atom is 0.217 e. The molecule has 1 aliphatic rings. The SMILES string of the molecule is COc1ncccc1CN1CCC(CC(=O)c2cccs2)CC1. The summed E-state index contributed by atoms with van der Waals surface area (Å²) >= 11 is 1.55. The second-order valence-corrected chi connectivity index (χ2v) is 6.94. The minimum Gasteiger partial charge on any atom is -0.481 e. The molecule has 0 saturated carbocycles. The van der Waals surface area contributed by atoms with Crippen LogP contribution in [0.4, 0.5) is 0 Å². The van der Waals surface area contributed by atoms with E-state index in [4.69, 9.17) is 4.74 Å². The van der Waals surface area contributed by atoms with Crippen LogP contribution in [0.15, 0.2) is 35.8 Å². The van der Waals surface area contributed by atoms with Gasteiger partial charge in [0.2, 0.25) is 5.88 Å². The van der Waals surface area contributed by atoms with Gasteiger partial charge in [0.1, 0.15) is 0 Å². The van der Waals surface area contributed by atoms with E-state index in [1.165, 1.54) is 0 Å². The number of pyridine rings is 1. The largest absolute Gasteiger partial charge is 0.481 e. The summed E-state index contributed by atoms with van der Waals surface area (Å²) in [6.07, 6.45) is 4.61. The molecule has 0 amide bonds. The number of hydrogen-bond donors (Lipinski definition) is 0. The molecule has 0 spiro atoms. The Balaban J connectivity index is 1.49. The third kappa shape index (κ3) is 4.18. The summed E-state index contributed by atoms with van der Waals surface area (Å²) in [5.74, 6) is 1.52. The van der Waals surface area contributed by atoms with E-state index in [-0.39, 0.29) is 0 Å². The van der Waals surface area contributed by atoms with Gasteiger partial charge >= 0.3 is 0 Å². The van der Waals surface area contributed by atoms with Crippen molar-refractivity contribution >= 4 is 17.1 Å². The summed E-state index contributed by atoms with van der Waals surface area (Å²) in [6, 6.07) is 7.89. The average molecular weight is 330 g/mol. The van der Waals surface area contributed by atoms with Crippen LogP contribution in [0.5, 0.6) is 5.88 Å². The van der Waals surface area contributed by atoms with Gasteiger partial charge in [-0.1, -0.05) is 12.1 Å². The van der Waals surface area contributed by atoms with Gasteiger partial charge in [0, 0.05) is 24.7 Å². The molecule has 0 atom stereocenters. The number of thiophene rings is 1. The van der Waals surface area contributed by atoms with Gasteiger partial charge in [-0.15, -0.1) is 11.3 Å². The Morgan fingerprint density at radius 2 is 2.17 bits per heavy atom. The zero-order valence-electron chi connectivity index (χ0n) is 13.4. The summed E-state index contributed by atoms with van der Waals surface area (Å²) in [5.41, 5.74) is 1.13. The molecular formula is C18H22N2O2S. The fraction of sp³-hybridized carbons (Fsp3) is 0.444. The summed E-state index contributed by atoms with van der Waals surface area (Å²) in [7, 11) is 1.66. The van der Waals surface area contributed by atoms with Crippen LogP contribution in [-0.2, 0) is 6.54 Å². The van der Waals surface area contributed by atoms with Crippen molar-refractivity contribution in [3.63, 3.8) is 0 Å². The van der Waals surface area contributed by atoms with Crippen molar-refractivity contribution in [2.75, 3.05) is 20.2 Å². The molecule has 3 heterocycles. The van der Waals surface area contributed by atoms with Gasteiger partial charge < -0.3 is 4.74 Å². The number of likely N-dealkylation sites (tertiary alicyclic amines) is 1. The average Bonchev–Trinajstić information content (AvgIpc) is 3.12. The van der Waals surface area contributed by atoms with E-state index in [1.54, 1.807) is 24.6 Å². The lowest BCUT2D eigenvalue weighted by molar-refractivity contribution is 0.0928. The lowest BCUT2D eigenvalue weighted by Gasteiger charge is -2.31. The van der Waals surface area contributed by atoms with Crippen molar-refractivity contribution < 1.29 is 9.53 Å². The molecule has 5 heteroatoms. The molecule has 122 valence electrons. The number of Topliss-reactive ketones (excluding diaryl/α,β-unsaturated/α-hetero) is 1. The number of ether oxygens (including phenoxy) is 1. The predicted molar refractivity (Wildman–Crippen MR) is 92.1 cm³/mol. The lowest BCUT2D eigenvalue weighted by Crippen LogP contribution is -2.34. The Morgan fingerprint density at radius 3 is 2.87 bits per heavy atom. The highest BCUT2D eigenvalue weighted by atomic mass is 32.1. The van der Waals surface area contributed by atoms with Crippen molar-refractivity contribution in [3.05, 3.63) is 46.3 Å². The van der Waals surface area contributed by atoms with Crippen LogP contribution in [0.1, 0.15) is 34.5 Å². The van der Waals surface area contributed by atoms with Crippen molar-refractivity contribution in [1.82, 2.24) is 9.88 Å². The highest BCUT2D eigenvalue weighted by Gasteiger charge is 2.23. The zero-order valence-corrected chi connectivity index (χ0v) is 14.2. The molecule has 0 unspecified atom stereocenters. The van der Waals surface area contributed by atoms with Crippen LogP contribution >= 0.6 is 11.3 Å². The minimum atomic E-state index is 0.298. The summed E-state index contributed by atoms with van der Waals surface area (Å²) in [5, 5.41) is 1.97. The molecule has 0 bridgehead atoms. The Morgan fingerprint density at radius 1 is 1.35 bits per heavy atom. The second kappa shape index (κ2) is 7.70. The van der Waals surface area contributed by atoms with Gasteiger partial charge in [-0.05, 0) is 49.4 Å². The monoisotopic (exact) mass is 330 g/mol.